The van der Waals surface area contributed by atoms with Crippen molar-refractivity contribution in [2.24, 2.45) is 0 Å². The Morgan fingerprint density at radius 1 is 0.557 bits per heavy atom. The molecule has 0 aliphatic carbocycles. The molecule has 356 valence electrons. The summed E-state index contributed by atoms with van der Waals surface area (Å²) < 4.78 is 11.2. The highest BCUT2D eigenvalue weighted by molar-refractivity contribution is 5.76. The molecule has 6 N–H and O–H groups in total. The van der Waals surface area contributed by atoms with Gasteiger partial charge in [0.2, 0.25) is 5.91 Å². The molecule has 1 amide bonds. The number of carbonyl (C=O) groups is 1. The number of hydrogen-bond acceptors (Lipinski definition) is 8. The van der Waals surface area contributed by atoms with Crippen LogP contribution in [0, 0.1) is 0 Å². The van der Waals surface area contributed by atoms with Crippen LogP contribution in [0.1, 0.15) is 219 Å². The van der Waals surface area contributed by atoms with Gasteiger partial charge in [0.15, 0.2) is 6.29 Å². The smallest absolute Gasteiger partial charge is 0.220 e. The van der Waals surface area contributed by atoms with Crippen LogP contribution in [-0.4, -0.2) is 87.5 Å². The molecule has 1 rings (SSSR count). The van der Waals surface area contributed by atoms with Gasteiger partial charge in [0.1, 0.15) is 24.4 Å². The van der Waals surface area contributed by atoms with Gasteiger partial charge in [-0.1, -0.05) is 204 Å². The van der Waals surface area contributed by atoms with E-state index in [2.05, 4.69) is 55.6 Å². The normalized spacial score (nSPS) is 20.8. The van der Waals surface area contributed by atoms with E-state index in [1.165, 1.54) is 148 Å². The van der Waals surface area contributed by atoms with E-state index >= 15 is 0 Å². The van der Waals surface area contributed by atoms with Crippen LogP contribution in [0.15, 0.2) is 48.6 Å². The molecule has 0 spiro atoms. The second-order valence-electron chi connectivity index (χ2n) is 17.6. The van der Waals surface area contributed by atoms with E-state index in [1.807, 2.05) is 6.08 Å². The van der Waals surface area contributed by atoms with Crippen LogP contribution in [0.2, 0.25) is 0 Å². The number of aliphatic hydroxyl groups is 5. The predicted octanol–water partition coefficient (Wildman–Crippen LogP) is 11.4. The van der Waals surface area contributed by atoms with Gasteiger partial charge in [-0.05, 0) is 57.8 Å². The molecule has 0 aromatic carbocycles. The van der Waals surface area contributed by atoms with Crippen molar-refractivity contribution in [3.8, 4) is 0 Å². The van der Waals surface area contributed by atoms with E-state index in [0.717, 1.165) is 51.4 Å². The van der Waals surface area contributed by atoms with Gasteiger partial charge in [-0.25, -0.2) is 0 Å². The maximum atomic E-state index is 13.0. The first kappa shape index (κ1) is 57.2. The molecule has 0 bridgehead atoms. The Hall–Kier alpha value is -1.85. The zero-order chi connectivity index (χ0) is 44.4. The molecular formula is C52H95NO8. The summed E-state index contributed by atoms with van der Waals surface area (Å²) in [4.78, 5) is 13.0. The first-order chi connectivity index (χ1) is 29.8. The molecule has 0 saturated carbocycles. The summed E-state index contributed by atoms with van der Waals surface area (Å²) in [6, 6.07) is -0.805. The van der Waals surface area contributed by atoms with Crippen LogP contribution >= 0.6 is 0 Å². The standard InChI is InChI=1S/C52H95NO8/c1-3-5-7-9-11-13-15-16-17-18-19-20-21-22-23-24-25-26-27-28-29-30-32-34-36-38-40-42-48(56)53-45(44-60-52-51(59)50(58)49(57)47(43-54)61-52)46(55)41-39-37-35-33-31-14-12-10-8-6-4-2/h15-16,18-19,21-22,39,41,45-47,49-52,54-55,57-59H,3-14,17,20,23-38,40,42-44H2,1-2H3,(H,53,56)/b16-15-,19-18-,22-21-,41-39+. The zero-order valence-corrected chi connectivity index (χ0v) is 39.2. The second-order valence-corrected chi connectivity index (χ2v) is 17.6. The van der Waals surface area contributed by atoms with E-state index < -0.39 is 49.5 Å². The maximum absolute atomic E-state index is 13.0. The van der Waals surface area contributed by atoms with Crippen molar-refractivity contribution >= 4 is 5.91 Å². The van der Waals surface area contributed by atoms with Crippen molar-refractivity contribution < 1.29 is 39.8 Å². The lowest BCUT2D eigenvalue weighted by atomic mass is 9.99. The average Bonchev–Trinajstić information content (AvgIpc) is 3.26. The summed E-state index contributed by atoms with van der Waals surface area (Å²) in [6.07, 6.45) is 47.4. The number of aliphatic hydroxyl groups excluding tert-OH is 5. The fourth-order valence-electron chi connectivity index (χ4n) is 7.81. The minimum absolute atomic E-state index is 0.181. The lowest BCUT2D eigenvalue weighted by Gasteiger charge is -2.40. The molecule has 0 aromatic rings. The third kappa shape index (κ3) is 32.5. The van der Waals surface area contributed by atoms with E-state index in [1.54, 1.807) is 6.08 Å². The van der Waals surface area contributed by atoms with Crippen LogP contribution in [0.25, 0.3) is 0 Å². The molecule has 1 aliphatic rings. The molecule has 7 atom stereocenters. The number of rotatable bonds is 42. The first-order valence-electron chi connectivity index (χ1n) is 25.4. The van der Waals surface area contributed by atoms with E-state index in [-0.39, 0.29) is 12.5 Å². The largest absolute Gasteiger partial charge is 0.394 e. The van der Waals surface area contributed by atoms with Crippen molar-refractivity contribution in [2.75, 3.05) is 13.2 Å². The molecule has 1 saturated heterocycles. The quantitative estimate of drug-likeness (QED) is 0.0262. The van der Waals surface area contributed by atoms with Crippen molar-refractivity contribution in [3.05, 3.63) is 48.6 Å². The van der Waals surface area contributed by atoms with Gasteiger partial charge in [0.05, 0.1) is 25.4 Å². The highest BCUT2D eigenvalue weighted by Gasteiger charge is 2.44. The number of hydrogen-bond donors (Lipinski definition) is 6. The molecule has 1 aliphatic heterocycles. The van der Waals surface area contributed by atoms with Gasteiger partial charge in [-0.2, -0.15) is 0 Å². The monoisotopic (exact) mass is 862 g/mol. The van der Waals surface area contributed by atoms with Crippen LogP contribution in [0.5, 0.6) is 0 Å². The number of carbonyl (C=O) groups excluding carboxylic acids is 1. The lowest BCUT2D eigenvalue weighted by Crippen LogP contribution is -2.60. The molecule has 1 fully saturated rings. The van der Waals surface area contributed by atoms with Crippen LogP contribution < -0.4 is 5.32 Å². The van der Waals surface area contributed by atoms with Crippen molar-refractivity contribution in [1.29, 1.82) is 0 Å². The van der Waals surface area contributed by atoms with Gasteiger partial charge in [-0.15, -0.1) is 0 Å². The third-order valence-corrected chi connectivity index (χ3v) is 11.9. The summed E-state index contributed by atoms with van der Waals surface area (Å²) in [5.41, 5.74) is 0. The summed E-state index contributed by atoms with van der Waals surface area (Å²) in [7, 11) is 0. The Bertz CT molecular complexity index is 1090. The van der Waals surface area contributed by atoms with E-state index in [0.29, 0.717) is 6.42 Å². The summed E-state index contributed by atoms with van der Waals surface area (Å²) in [5.74, 6) is -0.181. The number of amides is 1. The SMILES string of the molecule is CCCCCCC/C=C\C/C=C\C/C=C\CCCCCCCCCCCCCCC(=O)NC(COC1OC(CO)C(O)C(O)C1O)C(O)/C=C/CCCCCCCCCCC. The van der Waals surface area contributed by atoms with Crippen LogP contribution in [0.4, 0.5) is 0 Å². The predicted molar refractivity (Wildman–Crippen MR) is 253 cm³/mol. The Balaban J connectivity index is 2.21. The summed E-state index contributed by atoms with van der Waals surface area (Å²) in [5, 5.41) is 54.2. The Kier molecular flexibility index (Phi) is 39.5. The number of ether oxygens (including phenoxy) is 2. The minimum Gasteiger partial charge on any atom is -0.394 e. The van der Waals surface area contributed by atoms with Gasteiger partial charge in [0.25, 0.3) is 0 Å². The van der Waals surface area contributed by atoms with Gasteiger partial charge in [0, 0.05) is 6.42 Å². The molecule has 9 heteroatoms. The highest BCUT2D eigenvalue weighted by Crippen LogP contribution is 2.23. The Morgan fingerprint density at radius 2 is 0.967 bits per heavy atom. The number of nitrogens with one attached hydrogen (secondary N) is 1. The molecule has 7 unspecified atom stereocenters. The fraction of sp³-hybridized carbons (Fsp3) is 0.827. The molecule has 61 heavy (non-hydrogen) atoms. The zero-order valence-electron chi connectivity index (χ0n) is 39.2. The summed E-state index contributed by atoms with van der Waals surface area (Å²) >= 11 is 0. The Morgan fingerprint density at radius 3 is 1.43 bits per heavy atom. The van der Waals surface area contributed by atoms with Crippen molar-refractivity contribution in [3.63, 3.8) is 0 Å². The van der Waals surface area contributed by atoms with Crippen molar-refractivity contribution in [1.82, 2.24) is 5.32 Å². The minimum atomic E-state index is -1.57. The second kappa shape index (κ2) is 42.1. The average molecular weight is 862 g/mol. The topological polar surface area (TPSA) is 149 Å². The van der Waals surface area contributed by atoms with Gasteiger partial charge < -0.3 is 40.3 Å². The first-order valence-corrected chi connectivity index (χ1v) is 25.4. The summed E-state index contributed by atoms with van der Waals surface area (Å²) in [6.45, 7) is 3.74. The number of unbranched alkanes of at least 4 members (excludes halogenated alkanes) is 26. The molecule has 0 radical (unpaired) electrons. The lowest BCUT2D eigenvalue weighted by molar-refractivity contribution is -0.302. The number of allylic oxidation sites excluding steroid dienone is 7. The maximum Gasteiger partial charge on any atom is 0.220 e. The van der Waals surface area contributed by atoms with E-state index in [9.17, 15) is 30.3 Å². The molecule has 9 nitrogen and oxygen atoms in total. The highest BCUT2D eigenvalue weighted by atomic mass is 16.7. The Labute approximate surface area is 373 Å². The van der Waals surface area contributed by atoms with Gasteiger partial charge >= 0.3 is 0 Å². The third-order valence-electron chi connectivity index (χ3n) is 11.9. The van der Waals surface area contributed by atoms with Crippen molar-refractivity contribution in [2.45, 2.75) is 262 Å². The van der Waals surface area contributed by atoms with E-state index in [4.69, 9.17) is 9.47 Å². The fourth-order valence-corrected chi connectivity index (χ4v) is 7.81. The van der Waals surface area contributed by atoms with Crippen LogP contribution in [-0.2, 0) is 14.3 Å². The van der Waals surface area contributed by atoms with Crippen LogP contribution in [0.3, 0.4) is 0 Å². The molecular weight excluding hydrogens is 767 g/mol. The molecule has 0 aromatic heterocycles. The molecule has 1 heterocycles. The van der Waals surface area contributed by atoms with Gasteiger partial charge in [-0.3, -0.25) is 4.79 Å².